The third-order valence-corrected chi connectivity index (χ3v) is 4.05. The number of pyridine rings is 1. The van der Waals surface area contributed by atoms with Gasteiger partial charge in [0, 0.05) is 23.5 Å². The van der Waals surface area contributed by atoms with Gasteiger partial charge in [-0.2, -0.15) is 4.68 Å². The number of hydrogen-bond acceptors (Lipinski definition) is 5. The monoisotopic (exact) mass is 334 g/mol. The van der Waals surface area contributed by atoms with Gasteiger partial charge in [0.15, 0.2) is 12.4 Å². The van der Waals surface area contributed by atoms with Crippen LogP contribution in [0.5, 0.6) is 0 Å². The fourth-order valence-electron chi connectivity index (χ4n) is 2.92. The van der Waals surface area contributed by atoms with Crippen LogP contribution in [0.25, 0.3) is 0 Å². The summed E-state index contributed by atoms with van der Waals surface area (Å²) in [6.07, 6.45) is 3.62. The number of anilines is 2. The van der Waals surface area contributed by atoms with Crippen molar-refractivity contribution in [3.05, 3.63) is 71.7 Å². The highest BCUT2D eigenvalue weighted by molar-refractivity contribution is 6.05. The lowest BCUT2D eigenvalue weighted by atomic mass is 9.96. The summed E-state index contributed by atoms with van der Waals surface area (Å²) in [4.78, 5) is 16.0. The van der Waals surface area contributed by atoms with Crippen LogP contribution in [0.2, 0.25) is 0 Å². The first-order valence-corrected chi connectivity index (χ1v) is 7.82. The van der Waals surface area contributed by atoms with Gasteiger partial charge in [-0.25, -0.2) is 4.98 Å². The first-order valence-electron chi connectivity index (χ1n) is 7.82. The van der Waals surface area contributed by atoms with Gasteiger partial charge >= 0.3 is 0 Å². The molecule has 1 aliphatic rings. The van der Waals surface area contributed by atoms with E-state index in [9.17, 15) is 4.79 Å². The minimum atomic E-state index is -0.412. The SMILES string of the molecule is CC1=C(C(=O)Nc2ccccc2)C(c2cc[nH+]cc2)n2nnnc2N1. The van der Waals surface area contributed by atoms with E-state index >= 15 is 0 Å². The summed E-state index contributed by atoms with van der Waals surface area (Å²) < 4.78 is 1.61. The van der Waals surface area contributed by atoms with Crippen molar-refractivity contribution in [2.24, 2.45) is 0 Å². The lowest BCUT2D eigenvalue weighted by Crippen LogP contribution is -2.31. The normalized spacial score (nSPS) is 16.1. The lowest BCUT2D eigenvalue weighted by molar-refractivity contribution is -0.378. The molecular formula is C17H16N7O+. The van der Waals surface area contributed by atoms with Crippen molar-refractivity contribution in [1.29, 1.82) is 0 Å². The molecule has 1 amide bonds. The van der Waals surface area contributed by atoms with Gasteiger partial charge < -0.3 is 10.6 Å². The number of carbonyl (C=O) groups is 1. The maximum absolute atomic E-state index is 13.0. The van der Waals surface area contributed by atoms with Crippen molar-refractivity contribution < 1.29 is 9.78 Å². The minimum Gasteiger partial charge on any atom is -0.326 e. The summed E-state index contributed by atoms with van der Waals surface area (Å²) in [5.74, 6) is 0.307. The number of nitrogens with one attached hydrogen (secondary N) is 3. The molecule has 3 aromatic rings. The molecule has 3 heterocycles. The molecule has 0 saturated carbocycles. The largest absolute Gasteiger partial charge is 0.326 e. The number of benzene rings is 1. The van der Waals surface area contributed by atoms with Crippen LogP contribution in [0.15, 0.2) is 66.1 Å². The van der Waals surface area contributed by atoms with Gasteiger partial charge in [0.05, 0.1) is 5.57 Å². The van der Waals surface area contributed by atoms with Crippen LogP contribution in [0, 0.1) is 0 Å². The number of rotatable bonds is 3. The van der Waals surface area contributed by atoms with Gasteiger partial charge in [-0.3, -0.25) is 4.79 Å². The van der Waals surface area contributed by atoms with Crippen molar-refractivity contribution in [3.63, 3.8) is 0 Å². The zero-order valence-corrected chi connectivity index (χ0v) is 13.5. The van der Waals surface area contributed by atoms with Crippen molar-refractivity contribution in [1.82, 2.24) is 20.2 Å². The van der Waals surface area contributed by atoms with Gasteiger partial charge in [-0.15, -0.1) is 0 Å². The third-order valence-electron chi connectivity index (χ3n) is 4.05. The lowest BCUT2D eigenvalue weighted by Gasteiger charge is -2.27. The Labute approximate surface area is 143 Å². The number of para-hydroxylation sites is 1. The number of fused-ring (bicyclic) bond motifs is 1. The molecule has 2 aromatic heterocycles. The maximum Gasteiger partial charge on any atom is 0.255 e. The van der Waals surface area contributed by atoms with Crippen LogP contribution < -0.4 is 15.6 Å². The van der Waals surface area contributed by atoms with E-state index in [0.29, 0.717) is 17.2 Å². The molecule has 124 valence electrons. The first-order chi connectivity index (χ1) is 12.2. The van der Waals surface area contributed by atoms with Crippen LogP contribution >= 0.6 is 0 Å². The molecule has 0 bridgehead atoms. The van der Waals surface area contributed by atoms with Crippen LogP contribution in [-0.2, 0) is 4.79 Å². The zero-order chi connectivity index (χ0) is 17.2. The summed E-state index contributed by atoms with van der Waals surface area (Å²) in [5.41, 5.74) is 2.92. The van der Waals surface area contributed by atoms with Gasteiger partial charge in [0.1, 0.15) is 6.04 Å². The number of aromatic amines is 1. The quantitative estimate of drug-likeness (QED) is 0.754. The van der Waals surface area contributed by atoms with Crippen molar-refractivity contribution in [2.75, 3.05) is 10.6 Å². The molecule has 8 nitrogen and oxygen atoms in total. The molecule has 8 heteroatoms. The Bertz CT molecular complexity index is 934. The highest BCUT2D eigenvalue weighted by atomic mass is 16.1. The predicted octanol–water partition coefficient (Wildman–Crippen LogP) is 1.41. The fraction of sp³-hybridized carbons (Fsp3) is 0.118. The summed E-state index contributed by atoms with van der Waals surface area (Å²) in [6.45, 7) is 1.85. The second-order valence-electron chi connectivity index (χ2n) is 5.67. The number of nitrogens with zero attached hydrogens (tertiary/aromatic N) is 4. The van der Waals surface area contributed by atoms with E-state index in [1.807, 2.05) is 61.8 Å². The molecule has 25 heavy (non-hydrogen) atoms. The number of amides is 1. The molecule has 1 atom stereocenters. The summed E-state index contributed by atoms with van der Waals surface area (Å²) >= 11 is 0. The van der Waals surface area contributed by atoms with Crippen LogP contribution in [0.1, 0.15) is 18.5 Å². The standard InChI is InChI=1S/C17H15N7O/c1-11-14(16(25)20-13-5-3-2-4-6-13)15(12-7-9-18-10-8-12)24-17(19-11)21-22-23-24/h2-10,15H,1H3,(H,20,25)(H,19,21,23)/p+1. The molecule has 3 N–H and O–H groups in total. The van der Waals surface area contributed by atoms with Gasteiger partial charge in [-0.05, 0) is 35.0 Å². The first kappa shape index (κ1) is 15.0. The summed E-state index contributed by atoms with van der Waals surface area (Å²) in [5, 5.41) is 17.8. The van der Waals surface area contributed by atoms with E-state index in [4.69, 9.17) is 0 Å². The molecule has 0 saturated heterocycles. The molecule has 4 rings (SSSR count). The number of aromatic nitrogens is 5. The number of tetrazole rings is 1. The van der Waals surface area contributed by atoms with Crippen molar-refractivity contribution in [3.8, 4) is 0 Å². The second kappa shape index (κ2) is 6.16. The van der Waals surface area contributed by atoms with E-state index in [1.165, 1.54) is 0 Å². The van der Waals surface area contributed by atoms with Crippen LogP contribution in [0.4, 0.5) is 11.6 Å². The third kappa shape index (κ3) is 2.74. The molecule has 0 spiro atoms. The fourth-order valence-corrected chi connectivity index (χ4v) is 2.92. The predicted molar refractivity (Wildman–Crippen MR) is 90.3 cm³/mol. The number of H-pyrrole nitrogens is 1. The highest BCUT2D eigenvalue weighted by Gasteiger charge is 2.34. The minimum absolute atomic E-state index is 0.199. The Hall–Kier alpha value is -3.55. The Balaban J connectivity index is 1.77. The summed E-state index contributed by atoms with van der Waals surface area (Å²) in [7, 11) is 0. The molecule has 0 fully saturated rings. The molecule has 0 aliphatic carbocycles. The Morgan fingerprint density at radius 3 is 2.72 bits per heavy atom. The smallest absolute Gasteiger partial charge is 0.255 e. The van der Waals surface area contributed by atoms with Gasteiger partial charge in [0.25, 0.3) is 5.91 Å². The zero-order valence-electron chi connectivity index (χ0n) is 13.5. The van der Waals surface area contributed by atoms with E-state index in [1.54, 1.807) is 4.68 Å². The molecule has 1 aromatic carbocycles. The molecule has 1 aliphatic heterocycles. The van der Waals surface area contributed by atoms with E-state index in [0.717, 1.165) is 11.3 Å². The van der Waals surface area contributed by atoms with E-state index in [2.05, 4.69) is 31.1 Å². The number of allylic oxidation sites excluding steroid dienone is 1. The molecule has 0 radical (unpaired) electrons. The van der Waals surface area contributed by atoms with Crippen LogP contribution in [0.3, 0.4) is 0 Å². The molecule has 1 unspecified atom stereocenters. The summed E-state index contributed by atoms with van der Waals surface area (Å²) in [6, 6.07) is 12.7. The Kier molecular flexibility index (Phi) is 3.70. The van der Waals surface area contributed by atoms with E-state index < -0.39 is 6.04 Å². The van der Waals surface area contributed by atoms with Crippen molar-refractivity contribution in [2.45, 2.75) is 13.0 Å². The highest BCUT2D eigenvalue weighted by Crippen LogP contribution is 2.34. The second-order valence-corrected chi connectivity index (χ2v) is 5.67. The number of carbonyl (C=O) groups excluding carboxylic acids is 1. The molecular weight excluding hydrogens is 318 g/mol. The average Bonchev–Trinajstić information content (AvgIpc) is 3.10. The van der Waals surface area contributed by atoms with Gasteiger partial charge in [-0.1, -0.05) is 23.3 Å². The Morgan fingerprint density at radius 2 is 1.96 bits per heavy atom. The average molecular weight is 334 g/mol. The Morgan fingerprint density at radius 1 is 1.20 bits per heavy atom. The van der Waals surface area contributed by atoms with Crippen molar-refractivity contribution >= 4 is 17.5 Å². The van der Waals surface area contributed by atoms with E-state index in [-0.39, 0.29) is 5.91 Å². The topological polar surface area (TPSA) is 98.9 Å². The van der Waals surface area contributed by atoms with Crippen LogP contribution in [-0.4, -0.2) is 26.1 Å². The maximum atomic E-state index is 13.0. The number of hydrogen-bond donors (Lipinski definition) is 2. The van der Waals surface area contributed by atoms with Gasteiger partial charge in [0.2, 0.25) is 5.95 Å².